The summed E-state index contributed by atoms with van der Waals surface area (Å²) in [6, 6.07) is 11.4. The van der Waals surface area contributed by atoms with Gasteiger partial charge in [0.2, 0.25) is 0 Å². The van der Waals surface area contributed by atoms with Gasteiger partial charge in [-0.25, -0.2) is 0 Å². The molecule has 0 aliphatic carbocycles. The average Bonchev–Trinajstić information content (AvgIpc) is 2.41. The summed E-state index contributed by atoms with van der Waals surface area (Å²) in [4.78, 5) is 2.61. The molecular weight excluding hydrogens is 240 g/mol. The Labute approximate surface area is 115 Å². The summed E-state index contributed by atoms with van der Waals surface area (Å²) >= 11 is 1.95. The first-order chi connectivity index (χ1) is 8.88. The SMILES string of the molecule is CSCCCN1CCNC(Cc2ccccc2)C1. The molecule has 1 aliphatic rings. The topological polar surface area (TPSA) is 15.3 Å². The molecule has 1 N–H and O–H groups in total. The third-order valence-corrected chi connectivity index (χ3v) is 4.18. The van der Waals surface area contributed by atoms with Gasteiger partial charge in [0.25, 0.3) is 0 Å². The molecule has 2 nitrogen and oxygen atoms in total. The number of nitrogens with one attached hydrogen (secondary N) is 1. The summed E-state index contributed by atoms with van der Waals surface area (Å²) in [5.74, 6) is 1.29. The van der Waals surface area contributed by atoms with Gasteiger partial charge in [0.15, 0.2) is 0 Å². The first kappa shape index (κ1) is 13.9. The Hall–Kier alpha value is -0.510. The normalized spacial score (nSPS) is 21.1. The van der Waals surface area contributed by atoms with E-state index in [0.29, 0.717) is 6.04 Å². The van der Waals surface area contributed by atoms with Crippen LogP contribution < -0.4 is 5.32 Å². The van der Waals surface area contributed by atoms with E-state index in [9.17, 15) is 0 Å². The monoisotopic (exact) mass is 264 g/mol. The molecule has 1 heterocycles. The van der Waals surface area contributed by atoms with Gasteiger partial charge in [0.1, 0.15) is 0 Å². The number of nitrogens with zero attached hydrogens (tertiary/aromatic N) is 1. The maximum absolute atomic E-state index is 3.64. The minimum Gasteiger partial charge on any atom is -0.311 e. The van der Waals surface area contributed by atoms with E-state index < -0.39 is 0 Å². The van der Waals surface area contributed by atoms with E-state index in [-0.39, 0.29) is 0 Å². The molecule has 100 valence electrons. The van der Waals surface area contributed by atoms with E-state index in [0.717, 1.165) is 13.0 Å². The van der Waals surface area contributed by atoms with Crippen LogP contribution in [0.15, 0.2) is 30.3 Å². The van der Waals surface area contributed by atoms with Crippen LogP contribution >= 0.6 is 11.8 Å². The fraction of sp³-hybridized carbons (Fsp3) is 0.600. The van der Waals surface area contributed by atoms with Gasteiger partial charge in [-0.15, -0.1) is 0 Å². The van der Waals surface area contributed by atoms with Crippen LogP contribution in [0.4, 0.5) is 0 Å². The molecule has 0 spiro atoms. The zero-order valence-electron chi connectivity index (χ0n) is 11.3. The number of hydrogen-bond acceptors (Lipinski definition) is 3. The number of rotatable bonds is 6. The molecule has 0 radical (unpaired) electrons. The van der Waals surface area contributed by atoms with Gasteiger partial charge < -0.3 is 10.2 Å². The van der Waals surface area contributed by atoms with Gasteiger partial charge in [0.05, 0.1) is 0 Å². The highest BCUT2D eigenvalue weighted by Gasteiger charge is 2.18. The average molecular weight is 264 g/mol. The molecule has 0 aromatic heterocycles. The van der Waals surface area contributed by atoms with Gasteiger partial charge >= 0.3 is 0 Å². The first-order valence-electron chi connectivity index (χ1n) is 6.87. The van der Waals surface area contributed by atoms with Crippen LogP contribution in [0.1, 0.15) is 12.0 Å². The molecular formula is C15H24N2S. The van der Waals surface area contributed by atoms with E-state index >= 15 is 0 Å². The summed E-state index contributed by atoms with van der Waals surface area (Å²) in [6.45, 7) is 4.80. The van der Waals surface area contributed by atoms with Crippen molar-refractivity contribution in [3.8, 4) is 0 Å². The molecule has 2 rings (SSSR count). The van der Waals surface area contributed by atoms with Crippen molar-refractivity contribution in [3.63, 3.8) is 0 Å². The summed E-state index contributed by atoms with van der Waals surface area (Å²) in [5.41, 5.74) is 1.45. The second kappa shape index (κ2) is 7.82. The lowest BCUT2D eigenvalue weighted by atomic mass is 10.0. The third-order valence-electron chi connectivity index (χ3n) is 3.49. The molecule has 1 atom stereocenters. The van der Waals surface area contributed by atoms with Crippen LogP contribution in [0.2, 0.25) is 0 Å². The molecule has 1 aromatic rings. The largest absolute Gasteiger partial charge is 0.311 e. The Kier molecular flexibility index (Phi) is 6.05. The van der Waals surface area contributed by atoms with Gasteiger partial charge in [-0.1, -0.05) is 30.3 Å². The van der Waals surface area contributed by atoms with Crippen molar-refractivity contribution in [1.82, 2.24) is 10.2 Å². The van der Waals surface area contributed by atoms with Crippen LogP contribution in [-0.2, 0) is 6.42 Å². The molecule has 1 saturated heterocycles. The highest BCUT2D eigenvalue weighted by Crippen LogP contribution is 2.08. The predicted octanol–water partition coefficient (Wildman–Crippen LogP) is 2.26. The molecule has 1 unspecified atom stereocenters. The number of thioether (sulfide) groups is 1. The number of benzene rings is 1. The Morgan fingerprint density at radius 1 is 1.33 bits per heavy atom. The molecule has 1 aromatic carbocycles. The van der Waals surface area contributed by atoms with Crippen molar-refractivity contribution >= 4 is 11.8 Å². The zero-order chi connectivity index (χ0) is 12.6. The smallest absolute Gasteiger partial charge is 0.0235 e. The molecule has 3 heteroatoms. The molecule has 0 saturated carbocycles. The summed E-state index contributed by atoms with van der Waals surface area (Å²) < 4.78 is 0. The van der Waals surface area contributed by atoms with E-state index in [1.54, 1.807) is 0 Å². The lowest BCUT2D eigenvalue weighted by molar-refractivity contribution is 0.200. The van der Waals surface area contributed by atoms with E-state index in [4.69, 9.17) is 0 Å². The van der Waals surface area contributed by atoms with Crippen molar-refractivity contribution in [2.24, 2.45) is 0 Å². The van der Waals surface area contributed by atoms with Crippen molar-refractivity contribution in [2.75, 3.05) is 38.2 Å². The van der Waals surface area contributed by atoms with Crippen LogP contribution in [-0.4, -0.2) is 49.1 Å². The van der Waals surface area contributed by atoms with Crippen LogP contribution in [0.3, 0.4) is 0 Å². The van der Waals surface area contributed by atoms with E-state index in [1.165, 1.54) is 37.4 Å². The standard InChI is InChI=1S/C15H24N2S/c1-18-11-5-9-17-10-8-16-15(13-17)12-14-6-3-2-4-7-14/h2-4,6-7,15-16H,5,8-13H2,1H3. The quantitative estimate of drug-likeness (QED) is 0.794. The summed E-state index contributed by atoms with van der Waals surface area (Å²) in [6.07, 6.45) is 4.66. The van der Waals surface area contributed by atoms with Crippen LogP contribution in [0.5, 0.6) is 0 Å². The Morgan fingerprint density at radius 2 is 2.17 bits per heavy atom. The molecule has 18 heavy (non-hydrogen) atoms. The number of piperazine rings is 1. The zero-order valence-corrected chi connectivity index (χ0v) is 12.1. The Bertz CT molecular complexity index is 329. The Morgan fingerprint density at radius 3 is 2.94 bits per heavy atom. The van der Waals surface area contributed by atoms with Crippen molar-refractivity contribution in [2.45, 2.75) is 18.9 Å². The lowest BCUT2D eigenvalue weighted by Gasteiger charge is -2.33. The van der Waals surface area contributed by atoms with Crippen molar-refractivity contribution in [1.29, 1.82) is 0 Å². The molecule has 1 aliphatic heterocycles. The fourth-order valence-corrected chi connectivity index (χ4v) is 2.98. The minimum absolute atomic E-state index is 0.621. The second-order valence-electron chi connectivity index (χ2n) is 4.99. The maximum atomic E-state index is 3.64. The molecule has 1 fully saturated rings. The fourth-order valence-electron chi connectivity index (χ4n) is 2.57. The van der Waals surface area contributed by atoms with Crippen molar-refractivity contribution in [3.05, 3.63) is 35.9 Å². The Balaban J connectivity index is 1.76. The lowest BCUT2D eigenvalue weighted by Crippen LogP contribution is -2.51. The number of hydrogen-bond donors (Lipinski definition) is 1. The van der Waals surface area contributed by atoms with Crippen molar-refractivity contribution < 1.29 is 0 Å². The maximum Gasteiger partial charge on any atom is 0.0235 e. The highest BCUT2D eigenvalue weighted by atomic mass is 32.2. The second-order valence-corrected chi connectivity index (χ2v) is 5.97. The van der Waals surface area contributed by atoms with Crippen LogP contribution in [0, 0.1) is 0 Å². The van der Waals surface area contributed by atoms with E-state index in [1.807, 2.05) is 11.8 Å². The van der Waals surface area contributed by atoms with Gasteiger partial charge in [-0.3, -0.25) is 0 Å². The summed E-state index contributed by atoms with van der Waals surface area (Å²) in [5, 5.41) is 3.64. The predicted molar refractivity (Wildman–Crippen MR) is 81.4 cm³/mol. The third kappa shape index (κ3) is 4.63. The van der Waals surface area contributed by atoms with E-state index in [2.05, 4.69) is 46.8 Å². The first-order valence-corrected chi connectivity index (χ1v) is 8.26. The molecule has 0 bridgehead atoms. The van der Waals surface area contributed by atoms with Gasteiger partial charge in [-0.05, 0) is 37.0 Å². The summed E-state index contributed by atoms with van der Waals surface area (Å²) in [7, 11) is 0. The highest BCUT2D eigenvalue weighted by molar-refractivity contribution is 7.98. The minimum atomic E-state index is 0.621. The van der Waals surface area contributed by atoms with Crippen LogP contribution in [0.25, 0.3) is 0 Å². The van der Waals surface area contributed by atoms with Gasteiger partial charge in [-0.2, -0.15) is 11.8 Å². The molecule has 0 amide bonds. The van der Waals surface area contributed by atoms with Gasteiger partial charge in [0, 0.05) is 25.7 Å².